The van der Waals surface area contributed by atoms with Crippen molar-refractivity contribution >= 4 is 33.4 Å². The van der Waals surface area contributed by atoms with Gasteiger partial charge in [0.15, 0.2) is 0 Å². The maximum absolute atomic E-state index is 12.4. The summed E-state index contributed by atoms with van der Waals surface area (Å²) >= 11 is 9.28. The first-order chi connectivity index (χ1) is 11.1. The molecular weight excluding hydrogens is 380 g/mol. The number of carbonyl (C=O) groups excluding carboxylic acids is 1. The molecule has 2 heterocycles. The molecule has 2 aromatic rings. The highest BCUT2D eigenvalue weighted by Gasteiger charge is 2.28. The van der Waals surface area contributed by atoms with Gasteiger partial charge in [0.2, 0.25) is 11.8 Å². The first-order valence-electron chi connectivity index (χ1n) is 7.41. The van der Waals surface area contributed by atoms with E-state index in [2.05, 4.69) is 20.9 Å². The number of ether oxygens (including phenoxy) is 1. The van der Waals surface area contributed by atoms with Gasteiger partial charge in [0, 0.05) is 24.2 Å². The van der Waals surface area contributed by atoms with Gasteiger partial charge in [-0.15, -0.1) is 0 Å². The van der Waals surface area contributed by atoms with Gasteiger partial charge >= 0.3 is 0 Å². The molecule has 0 saturated carbocycles. The molecule has 6 heteroatoms. The minimum absolute atomic E-state index is 0.0182. The van der Waals surface area contributed by atoms with Gasteiger partial charge in [-0.3, -0.25) is 4.79 Å². The average Bonchev–Trinajstić information content (AvgIpc) is 3.01. The van der Waals surface area contributed by atoms with Gasteiger partial charge in [0.1, 0.15) is 6.10 Å². The molecule has 1 aromatic heterocycles. The number of rotatable bonds is 4. The maximum Gasteiger partial charge on any atom is 0.228 e. The molecule has 1 aliphatic rings. The zero-order valence-electron chi connectivity index (χ0n) is 12.4. The van der Waals surface area contributed by atoms with E-state index in [1.807, 2.05) is 29.2 Å². The molecule has 4 nitrogen and oxygen atoms in total. The Morgan fingerprint density at radius 2 is 2.13 bits per heavy atom. The van der Waals surface area contributed by atoms with Crippen LogP contribution in [0.3, 0.4) is 0 Å². The molecule has 23 heavy (non-hydrogen) atoms. The van der Waals surface area contributed by atoms with Gasteiger partial charge in [0.25, 0.3) is 0 Å². The van der Waals surface area contributed by atoms with Crippen LogP contribution >= 0.6 is 27.5 Å². The highest BCUT2D eigenvalue weighted by Crippen LogP contribution is 2.24. The van der Waals surface area contributed by atoms with E-state index in [1.54, 1.807) is 18.3 Å². The van der Waals surface area contributed by atoms with Gasteiger partial charge in [-0.05, 0) is 45.8 Å². The quantitative estimate of drug-likeness (QED) is 0.792. The summed E-state index contributed by atoms with van der Waals surface area (Å²) < 4.78 is 6.71. The van der Waals surface area contributed by atoms with E-state index in [9.17, 15) is 4.79 Å². The van der Waals surface area contributed by atoms with E-state index in [0.717, 1.165) is 16.5 Å². The summed E-state index contributed by atoms with van der Waals surface area (Å²) in [5.74, 6) is 0.683. The third kappa shape index (κ3) is 4.24. The van der Waals surface area contributed by atoms with Crippen LogP contribution in [0, 0.1) is 0 Å². The lowest BCUT2D eigenvalue weighted by molar-refractivity contribution is -0.129. The lowest BCUT2D eigenvalue weighted by Gasteiger charge is -2.17. The van der Waals surface area contributed by atoms with E-state index in [0.29, 0.717) is 30.4 Å². The van der Waals surface area contributed by atoms with Crippen LogP contribution < -0.4 is 4.74 Å². The summed E-state index contributed by atoms with van der Waals surface area (Å²) in [6.07, 6.45) is 2.88. The Morgan fingerprint density at radius 1 is 1.35 bits per heavy atom. The summed E-state index contributed by atoms with van der Waals surface area (Å²) in [7, 11) is 0. The van der Waals surface area contributed by atoms with E-state index >= 15 is 0 Å². The van der Waals surface area contributed by atoms with Crippen LogP contribution in [0.25, 0.3) is 0 Å². The summed E-state index contributed by atoms with van der Waals surface area (Å²) in [6, 6.07) is 11.1. The normalized spacial score (nSPS) is 17.3. The third-order valence-electron chi connectivity index (χ3n) is 3.77. The van der Waals surface area contributed by atoms with Gasteiger partial charge in [-0.2, -0.15) is 0 Å². The lowest BCUT2D eigenvalue weighted by Crippen LogP contribution is -2.32. The van der Waals surface area contributed by atoms with E-state index in [1.165, 1.54) is 0 Å². The molecule has 0 radical (unpaired) electrons. The summed E-state index contributed by atoms with van der Waals surface area (Å²) in [4.78, 5) is 18.4. The average molecular weight is 396 g/mol. The van der Waals surface area contributed by atoms with Crippen molar-refractivity contribution in [2.24, 2.45) is 0 Å². The van der Waals surface area contributed by atoms with E-state index in [4.69, 9.17) is 16.3 Å². The monoisotopic (exact) mass is 394 g/mol. The first kappa shape index (κ1) is 16.3. The molecule has 0 spiro atoms. The Balaban J connectivity index is 1.55. The van der Waals surface area contributed by atoms with Crippen molar-refractivity contribution in [1.29, 1.82) is 0 Å². The van der Waals surface area contributed by atoms with Crippen molar-refractivity contribution < 1.29 is 9.53 Å². The minimum Gasteiger partial charge on any atom is -0.472 e. The smallest absolute Gasteiger partial charge is 0.228 e. The number of benzene rings is 1. The fourth-order valence-corrected chi connectivity index (χ4v) is 3.03. The standard InChI is InChI=1S/C17H16BrClN2O2/c18-15-2-1-8-20-17(15)23-14-7-9-21(11-14)16(22)10-12-3-5-13(19)6-4-12/h1-6,8,14H,7,9-11H2. The largest absolute Gasteiger partial charge is 0.472 e. The topological polar surface area (TPSA) is 42.4 Å². The SMILES string of the molecule is O=C(Cc1ccc(Cl)cc1)N1CCC(Oc2ncccc2Br)C1. The number of likely N-dealkylation sites (tertiary alicyclic amines) is 1. The molecule has 120 valence electrons. The number of amides is 1. The van der Waals surface area contributed by atoms with Gasteiger partial charge in [-0.1, -0.05) is 23.7 Å². The van der Waals surface area contributed by atoms with Crippen LogP contribution in [-0.2, 0) is 11.2 Å². The second-order valence-corrected chi connectivity index (χ2v) is 6.75. The van der Waals surface area contributed by atoms with Crippen LogP contribution in [0.15, 0.2) is 47.1 Å². The zero-order valence-corrected chi connectivity index (χ0v) is 14.8. The molecule has 1 saturated heterocycles. The molecule has 1 atom stereocenters. The molecular formula is C17H16BrClN2O2. The predicted octanol–water partition coefficient (Wildman–Crippen LogP) is 3.72. The summed E-state index contributed by atoms with van der Waals surface area (Å²) in [5, 5.41) is 0.678. The van der Waals surface area contributed by atoms with Crippen molar-refractivity contribution in [3.63, 3.8) is 0 Å². The molecule has 0 bridgehead atoms. The zero-order chi connectivity index (χ0) is 16.2. The van der Waals surface area contributed by atoms with Crippen LogP contribution in [0.4, 0.5) is 0 Å². The fourth-order valence-electron chi connectivity index (χ4n) is 2.56. The van der Waals surface area contributed by atoms with Crippen molar-refractivity contribution in [3.8, 4) is 5.88 Å². The molecule has 1 unspecified atom stereocenters. The van der Waals surface area contributed by atoms with Crippen molar-refractivity contribution in [2.75, 3.05) is 13.1 Å². The molecule has 1 fully saturated rings. The van der Waals surface area contributed by atoms with E-state index < -0.39 is 0 Å². The summed E-state index contributed by atoms with van der Waals surface area (Å²) in [6.45, 7) is 1.30. The number of hydrogen-bond donors (Lipinski definition) is 0. The number of pyridine rings is 1. The number of nitrogens with zero attached hydrogens (tertiary/aromatic N) is 2. The first-order valence-corrected chi connectivity index (χ1v) is 8.58. The second kappa shape index (κ2) is 7.32. The molecule has 0 N–H and O–H groups in total. The van der Waals surface area contributed by atoms with Crippen LogP contribution in [-0.4, -0.2) is 35.0 Å². The second-order valence-electron chi connectivity index (χ2n) is 5.46. The van der Waals surface area contributed by atoms with Crippen molar-refractivity contribution in [3.05, 3.63) is 57.7 Å². The predicted molar refractivity (Wildman–Crippen MR) is 92.7 cm³/mol. The van der Waals surface area contributed by atoms with Crippen LogP contribution in [0.5, 0.6) is 5.88 Å². The minimum atomic E-state index is -0.0182. The van der Waals surface area contributed by atoms with Crippen LogP contribution in [0.1, 0.15) is 12.0 Å². The Kier molecular flexibility index (Phi) is 5.18. The molecule has 3 rings (SSSR count). The molecule has 1 amide bonds. The van der Waals surface area contributed by atoms with Gasteiger partial charge in [0.05, 0.1) is 17.4 Å². The Bertz CT molecular complexity index is 693. The van der Waals surface area contributed by atoms with Gasteiger partial charge in [-0.25, -0.2) is 4.98 Å². The summed E-state index contributed by atoms with van der Waals surface area (Å²) in [5.41, 5.74) is 0.969. The van der Waals surface area contributed by atoms with Gasteiger partial charge < -0.3 is 9.64 Å². The molecule has 0 aliphatic carbocycles. The molecule has 1 aromatic carbocycles. The number of hydrogen-bond acceptors (Lipinski definition) is 3. The van der Waals surface area contributed by atoms with Crippen LogP contribution in [0.2, 0.25) is 5.02 Å². The van der Waals surface area contributed by atoms with E-state index in [-0.39, 0.29) is 12.0 Å². The van der Waals surface area contributed by atoms with Crippen molar-refractivity contribution in [1.82, 2.24) is 9.88 Å². The van der Waals surface area contributed by atoms with Crippen molar-refractivity contribution in [2.45, 2.75) is 18.9 Å². The Hall–Kier alpha value is -1.59. The number of carbonyl (C=O) groups is 1. The Labute approximate surface area is 148 Å². The highest BCUT2D eigenvalue weighted by molar-refractivity contribution is 9.10. The highest BCUT2D eigenvalue weighted by atomic mass is 79.9. The molecule has 1 aliphatic heterocycles. The number of halogens is 2. The Morgan fingerprint density at radius 3 is 2.87 bits per heavy atom. The third-order valence-corrected chi connectivity index (χ3v) is 4.62. The fraction of sp³-hybridized carbons (Fsp3) is 0.294. The lowest BCUT2D eigenvalue weighted by atomic mass is 10.1. The number of aromatic nitrogens is 1. The maximum atomic E-state index is 12.4.